The molecule has 0 aliphatic rings. The van der Waals surface area contributed by atoms with Crippen molar-refractivity contribution in [2.24, 2.45) is 4.40 Å². The van der Waals surface area contributed by atoms with Crippen LogP contribution in [-0.2, 0) is 10.0 Å². The van der Waals surface area contributed by atoms with Gasteiger partial charge in [-0.3, -0.25) is 4.79 Å². The standard InChI is InChI=1S/C14H12N2O3S/c1-11(17)13-7-5-12(6-8-13)10-16-20(18,19)14-4-2-3-9-15-14/h2-10H,1H3/b16-10+. The summed E-state index contributed by atoms with van der Waals surface area (Å²) in [4.78, 5) is 14.9. The van der Waals surface area contributed by atoms with Crippen LogP contribution in [0, 0.1) is 0 Å². The van der Waals surface area contributed by atoms with Gasteiger partial charge in [0.15, 0.2) is 10.8 Å². The SMILES string of the molecule is CC(=O)c1ccc(/C=N/S(=O)(=O)c2ccccn2)cc1. The molecule has 0 unspecified atom stereocenters. The monoisotopic (exact) mass is 288 g/mol. The second kappa shape index (κ2) is 5.75. The second-order valence-electron chi connectivity index (χ2n) is 4.06. The highest BCUT2D eigenvalue weighted by Crippen LogP contribution is 2.09. The predicted molar refractivity (Wildman–Crippen MR) is 75.5 cm³/mol. The number of benzene rings is 1. The largest absolute Gasteiger partial charge is 0.299 e. The average molecular weight is 288 g/mol. The maximum atomic E-state index is 11.9. The van der Waals surface area contributed by atoms with Crippen molar-refractivity contribution in [2.45, 2.75) is 11.9 Å². The summed E-state index contributed by atoms with van der Waals surface area (Å²) in [6.45, 7) is 1.47. The van der Waals surface area contributed by atoms with E-state index in [2.05, 4.69) is 9.38 Å². The molecular weight excluding hydrogens is 276 g/mol. The summed E-state index contributed by atoms with van der Waals surface area (Å²) in [6, 6.07) is 11.1. The molecule has 1 heterocycles. The van der Waals surface area contributed by atoms with E-state index >= 15 is 0 Å². The van der Waals surface area contributed by atoms with Crippen LogP contribution in [0.2, 0.25) is 0 Å². The Morgan fingerprint density at radius 2 is 1.85 bits per heavy atom. The number of carbonyl (C=O) groups is 1. The number of rotatable bonds is 4. The summed E-state index contributed by atoms with van der Waals surface area (Å²) in [5.41, 5.74) is 1.16. The van der Waals surface area contributed by atoms with Crippen molar-refractivity contribution in [3.8, 4) is 0 Å². The molecule has 0 aliphatic carbocycles. The lowest BCUT2D eigenvalue weighted by Crippen LogP contribution is -2.00. The molecule has 2 aromatic rings. The van der Waals surface area contributed by atoms with Gasteiger partial charge in [0.25, 0.3) is 10.0 Å². The average Bonchev–Trinajstić information content (AvgIpc) is 2.46. The number of sulfonamides is 1. The number of carbonyl (C=O) groups excluding carboxylic acids is 1. The number of nitrogens with zero attached hydrogens (tertiary/aromatic N) is 2. The Hall–Kier alpha value is -2.34. The number of pyridine rings is 1. The fraction of sp³-hybridized carbons (Fsp3) is 0.0714. The van der Waals surface area contributed by atoms with Crippen LogP contribution < -0.4 is 0 Å². The molecule has 0 atom stereocenters. The van der Waals surface area contributed by atoms with Crippen LogP contribution in [0.15, 0.2) is 58.1 Å². The van der Waals surface area contributed by atoms with Crippen LogP contribution in [0.25, 0.3) is 0 Å². The third-order valence-electron chi connectivity index (χ3n) is 2.56. The number of hydrogen-bond donors (Lipinski definition) is 0. The van der Waals surface area contributed by atoms with Crippen LogP contribution in [0.4, 0.5) is 0 Å². The predicted octanol–water partition coefficient (Wildman–Crippen LogP) is 2.09. The first kappa shape index (κ1) is 14.1. The van der Waals surface area contributed by atoms with E-state index in [4.69, 9.17) is 0 Å². The van der Waals surface area contributed by atoms with Gasteiger partial charge in [0.1, 0.15) is 0 Å². The van der Waals surface area contributed by atoms with Crippen LogP contribution in [0.5, 0.6) is 0 Å². The molecule has 102 valence electrons. The van der Waals surface area contributed by atoms with E-state index in [-0.39, 0.29) is 10.8 Å². The van der Waals surface area contributed by atoms with E-state index < -0.39 is 10.0 Å². The van der Waals surface area contributed by atoms with E-state index in [9.17, 15) is 13.2 Å². The van der Waals surface area contributed by atoms with Crippen molar-refractivity contribution >= 4 is 22.0 Å². The quantitative estimate of drug-likeness (QED) is 0.637. The Morgan fingerprint density at radius 1 is 1.15 bits per heavy atom. The minimum atomic E-state index is -3.79. The van der Waals surface area contributed by atoms with Crippen molar-refractivity contribution in [3.63, 3.8) is 0 Å². The van der Waals surface area contributed by atoms with Gasteiger partial charge >= 0.3 is 0 Å². The summed E-state index contributed by atoms with van der Waals surface area (Å²) in [7, 11) is -3.79. The van der Waals surface area contributed by atoms with Gasteiger partial charge in [-0.15, -0.1) is 0 Å². The summed E-state index contributed by atoms with van der Waals surface area (Å²) >= 11 is 0. The van der Waals surface area contributed by atoms with Gasteiger partial charge in [0, 0.05) is 18.0 Å². The van der Waals surface area contributed by atoms with Gasteiger partial charge in [0.2, 0.25) is 0 Å². The highest BCUT2D eigenvalue weighted by Gasteiger charge is 2.12. The van der Waals surface area contributed by atoms with E-state index in [1.807, 2.05) is 0 Å². The molecule has 0 spiro atoms. The Balaban J connectivity index is 2.23. The van der Waals surface area contributed by atoms with Gasteiger partial charge in [-0.05, 0) is 24.6 Å². The molecule has 1 aromatic heterocycles. The van der Waals surface area contributed by atoms with Crippen molar-refractivity contribution in [1.29, 1.82) is 0 Å². The first-order valence-electron chi connectivity index (χ1n) is 5.81. The molecule has 20 heavy (non-hydrogen) atoms. The van der Waals surface area contributed by atoms with Crippen LogP contribution in [0.1, 0.15) is 22.8 Å². The Morgan fingerprint density at radius 3 is 2.40 bits per heavy atom. The van der Waals surface area contributed by atoms with E-state index in [1.165, 1.54) is 25.4 Å². The molecular formula is C14H12N2O3S. The van der Waals surface area contributed by atoms with Crippen LogP contribution in [0.3, 0.4) is 0 Å². The molecule has 5 nitrogen and oxygen atoms in total. The van der Waals surface area contributed by atoms with Crippen molar-refractivity contribution in [1.82, 2.24) is 4.98 Å². The molecule has 0 fully saturated rings. The lowest BCUT2D eigenvalue weighted by molar-refractivity contribution is 0.101. The normalized spacial score (nSPS) is 11.7. The zero-order chi connectivity index (χ0) is 14.6. The lowest BCUT2D eigenvalue weighted by Gasteiger charge is -1.98. The first-order valence-corrected chi connectivity index (χ1v) is 7.25. The fourth-order valence-corrected chi connectivity index (χ4v) is 2.30. The van der Waals surface area contributed by atoms with Crippen LogP contribution >= 0.6 is 0 Å². The molecule has 0 bridgehead atoms. The van der Waals surface area contributed by atoms with Gasteiger partial charge in [-0.25, -0.2) is 4.98 Å². The topological polar surface area (TPSA) is 76.5 Å². The van der Waals surface area contributed by atoms with E-state index in [0.717, 1.165) is 0 Å². The van der Waals surface area contributed by atoms with Crippen molar-refractivity contribution < 1.29 is 13.2 Å². The minimum absolute atomic E-state index is 0.0467. The van der Waals surface area contributed by atoms with Gasteiger partial charge in [0.05, 0.1) is 0 Å². The summed E-state index contributed by atoms with van der Waals surface area (Å²) in [6.07, 6.45) is 2.62. The Labute approximate surface area is 117 Å². The summed E-state index contributed by atoms with van der Waals surface area (Å²) in [5.74, 6) is -0.0467. The highest BCUT2D eigenvalue weighted by molar-refractivity contribution is 7.90. The van der Waals surface area contributed by atoms with E-state index in [0.29, 0.717) is 11.1 Å². The Kier molecular flexibility index (Phi) is 4.05. The fourth-order valence-electron chi connectivity index (χ4n) is 1.49. The molecule has 0 saturated carbocycles. The third-order valence-corrected chi connectivity index (χ3v) is 3.71. The van der Waals surface area contributed by atoms with Gasteiger partial charge in [-0.2, -0.15) is 12.8 Å². The third kappa shape index (κ3) is 3.36. The number of ketones is 1. The van der Waals surface area contributed by atoms with Gasteiger partial charge < -0.3 is 0 Å². The second-order valence-corrected chi connectivity index (χ2v) is 5.63. The van der Waals surface area contributed by atoms with Crippen molar-refractivity contribution in [2.75, 3.05) is 0 Å². The maximum absolute atomic E-state index is 11.9. The zero-order valence-electron chi connectivity index (χ0n) is 10.7. The lowest BCUT2D eigenvalue weighted by atomic mass is 10.1. The summed E-state index contributed by atoms with van der Waals surface area (Å²) < 4.78 is 27.3. The molecule has 2 rings (SSSR count). The molecule has 6 heteroatoms. The van der Waals surface area contributed by atoms with Crippen LogP contribution in [-0.4, -0.2) is 25.4 Å². The first-order chi connectivity index (χ1) is 9.49. The Bertz CT molecular complexity index is 736. The molecule has 0 N–H and O–H groups in total. The smallest absolute Gasteiger partial charge is 0.295 e. The highest BCUT2D eigenvalue weighted by atomic mass is 32.2. The van der Waals surface area contributed by atoms with Crippen molar-refractivity contribution in [3.05, 3.63) is 59.8 Å². The molecule has 1 aromatic carbocycles. The summed E-state index contributed by atoms with van der Waals surface area (Å²) in [5, 5.41) is -0.100. The van der Waals surface area contributed by atoms with E-state index in [1.54, 1.807) is 36.4 Å². The molecule has 0 amide bonds. The number of hydrogen-bond acceptors (Lipinski definition) is 4. The maximum Gasteiger partial charge on any atom is 0.299 e. The molecule has 0 aliphatic heterocycles. The van der Waals surface area contributed by atoms with Gasteiger partial charge in [-0.1, -0.05) is 30.3 Å². The molecule has 0 saturated heterocycles. The number of aromatic nitrogens is 1. The minimum Gasteiger partial charge on any atom is -0.295 e. The number of Topliss-reactive ketones (excluding diaryl/α,β-unsaturated/α-hetero) is 1. The zero-order valence-corrected chi connectivity index (χ0v) is 11.5. The molecule has 0 radical (unpaired) electrons.